The molecule has 2 aliphatic carbocycles. The zero-order valence-corrected chi connectivity index (χ0v) is 18.7. The van der Waals surface area contributed by atoms with Gasteiger partial charge in [-0.1, -0.05) is 19.1 Å². The molecule has 1 aromatic carbocycles. The van der Waals surface area contributed by atoms with Gasteiger partial charge in [0, 0.05) is 29.9 Å². The number of rotatable bonds is 5. The van der Waals surface area contributed by atoms with Gasteiger partial charge in [-0.05, 0) is 49.7 Å². The van der Waals surface area contributed by atoms with Crippen LogP contribution in [-0.2, 0) is 4.79 Å². The third-order valence-electron chi connectivity index (χ3n) is 7.09. The van der Waals surface area contributed by atoms with Gasteiger partial charge < -0.3 is 5.32 Å². The molecule has 5 rings (SSSR count). The maximum absolute atomic E-state index is 13.7. The van der Waals surface area contributed by atoms with E-state index in [-0.39, 0.29) is 17.7 Å². The van der Waals surface area contributed by atoms with E-state index >= 15 is 0 Å². The van der Waals surface area contributed by atoms with Crippen molar-refractivity contribution in [2.45, 2.75) is 49.2 Å². The fourth-order valence-electron chi connectivity index (χ4n) is 5.72. The molecule has 1 amide bonds. The van der Waals surface area contributed by atoms with Gasteiger partial charge in [-0.2, -0.15) is 8.78 Å². The molecule has 3 aliphatic rings. The summed E-state index contributed by atoms with van der Waals surface area (Å²) in [5.41, 5.74) is 0.994. The third-order valence-corrected chi connectivity index (χ3v) is 11.1. The molecule has 1 aromatic heterocycles. The Kier molecular flexibility index (Phi) is 5.50. The summed E-state index contributed by atoms with van der Waals surface area (Å²) in [7, 11) is 0. The summed E-state index contributed by atoms with van der Waals surface area (Å²) < 4.78 is 28.8. The first-order valence-electron chi connectivity index (χ1n) is 10.8. The summed E-state index contributed by atoms with van der Waals surface area (Å²) in [6, 6.07) is 6.95. The summed E-state index contributed by atoms with van der Waals surface area (Å²) in [4.78, 5) is 17.4. The molecule has 4 atom stereocenters. The Hall–Kier alpha value is -1.28. The zero-order chi connectivity index (χ0) is 20.9. The topological polar surface area (TPSA) is 46.9 Å². The van der Waals surface area contributed by atoms with Crippen molar-refractivity contribution < 1.29 is 13.6 Å². The highest BCUT2D eigenvalue weighted by molar-refractivity contribution is 8.21. The molecule has 3 fully saturated rings. The zero-order valence-electron chi connectivity index (χ0n) is 17.0. The molecule has 2 saturated carbocycles. The fourth-order valence-corrected chi connectivity index (χ4v) is 9.66. The van der Waals surface area contributed by atoms with E-state index < -0.39 is 6.55 Å². The lowest BCUT2D eigenvalue weighted by Crippen LogP contribution is -2.43. The molecule has 1 N–H and O–H groups in total. The predicted molar refractivity (Wildman–Crippen MR) is 119 cm³/mol. The number of para-hydroxylation sites is 2. The van der Waals surface area contributed by atoms with Gasteiger partial charge in [-0.15, -0.1) is 23.5 Å². The van der Waals surface area contributed by atoms with E-state index in [4.69, 9.17) is 0 Å². The van der Waals surface area contributed by atoms with Crippen molar-refractivity contribution >= 4 is 40.5 Å². The molecule has 8 heteroatoms. The number of imidazole rings is 1. The van der Waals surface area contributed by atoms with Crippen molar-refractivity contribution in [1.82, 2.24) is 14.9 Å². The first kappa shape index (κ1) is 20.6. The Labute approximate surface area is 183 Å². The molecule has 1 spiro atoms. The van der Waals surface area contributed by atoms with Crippen LogP contribution >= 0.6 is 23.5 Å². The van der Waals surface area contributed by atoms with Crippen LogP contribution in [0.2, 0.25) is 0 Å². The maximum Gasteiger partial charge on any atom is 0.320 e. The van der Waals surface area contributed by atoms with Gasteiger partial charge in [-0.3, -0.25) is 9.36 Å². The summed E-state index contributed by atoms with van der Waals surface area (Å²) in [5, 5.41) is 3.06. The van der Waals surface area contributed by atoms with E-state index in [2.05, 4.69) is 33.8 Å². The number of amides is 1. The van der Waals surface area contributed by atoms with Crippen molar-refractivity contribution in [3.63, 3.8) is 0 Å². The summed E-state index contributed by atoms with van der Waals surface area (Å²) >= 11 is 4.26. The van der Waals surface area contributed by atoms with Crippen LogP contribution in [0.3, 0.4) is 0 Å². The van der Waals surface area contributed by atoms with Crippen LogP contribution in [0.25, 0.3) is 11.0 Å². The van der Waals surface area contributed by atoms with Crippen molar-refractivity contribution in [3.8, 4) is 0 Å². The predicted octanol–water partition coefficient (Wildman–Crippen LogP) is 5.26. The Morgan fingerprint density at radius 3 is 2.57 bits per heavy atom. The number of thioether (sulfide) groups is 2. The Balaban J connectivity index is 1.25. The molecule has 162 valence electrons. The van der Waals surface area contributed by atoms with Gasteiger partial charge in [0.1, 0.15) is 5.82 Å². The van der Waals surface area contributed by atoms with Crippen LogP contribution in [0.4, 0.5) is 8.78 Å². The van der Waals surface area contributed by atoms with E-state index in [1.807, 2.05) is 6.92 Å². The Morgan fingerprint density at radius 2 is 1.90 bits per heavy atom. The minimum atomic E-state index is -2.66. The number of halogens is 2. The number of aromatic nitrogens is 2. The summed E-state index contributed by atoms with van der Waals surface area (Å²) in [6.07, 6.45) is 4.41. The van der Waals surface area contributed by atoms with Crippen molar-refractivity contribution in [2.75, 3.05) is 18.1 Å². The molecule has 4 nitrogen and oxygen atoms in total. The van der Waals surface area contributed by atoms with E-state index in [0.29, 0.717) is 39.3 Å². The molecule has 1 saturated heterocycles. The van der Waals surface area contributed by atoms with Crippen molar-refractivity contribution in [1.29, 1.82) is 0 Å². The third kappa shape index (κ3) is 3.34. The van der Waals surface area contributed by atoms with Gasteiger partial charge in [0.2, 0.25) is 5.91 Å². The molecular weight excluding hydrogens is 424 g/mol. The second-order valence-electron chi connectivity index (χ2n) is 8.81. The molecule has 0 radical (unpaired) electrons. The SMILES string of the molecule is C[C@@H](CNC(=O)C1C[C@H]2CC[C@@H](C1)C21SCCS1)c1nc2ccccc2n1C(F)F. The largest absolute Gasteiger partial charge is 0.355 e. The highest BCUT2D eigenvalue weighted by Gasteiger charge is 2.57. The Morgan fingerprint density at radius 1 is 1.23 bits per heavy atom. The second-order valence-corrected chi connectivity index (χ2v) is 11.8. The van der Waals surface area contributed by atoms with E-state index in [0.717, 1.165) is 17.4 Å². The number of benzene rings is 1. The van der Waals surface area contributed by atoms with E-state index in [1.165, 1.54) is 24.3 Å². The highest BCUT2D eigenvalue weighted by Crippen LogP contribution is 2.65. The lowest BCUT2D eigenvalue weighted by molar-refractivity contribution is -0.126. The molecule has 1 aliphatic heterocycles. The quantitative estimate of drug-likeness (QED) is 0.673. The van der Waals surface area contributed by atoms with Gasteiger partial charge in [0.15, 0.2) is 0 Å². The molecule has 2 bridgehead atoms. The molecule has 2 heterocycles. The number of carbonyl (C=O) groups is 1. The van der Waals surface area contributed by atoms with Gasteiger partial charge in [-0.25, -0.2) is 4.98 Å². The number of alkyl halides is 2. The van der Waals surface area contributed by atoms with E-state index in [1.54, 1.807) is 24.3 Å². The number of nitrogens with one attached hydrogen (secondary N) is 1. The van der Waals surface area contributed by atoms with Crippen LogP contribution in [0.1, 0.15) is 50.9 Å². The Bertz CT molecular complexity index is 928. The van der Waals surface area contributed by atoms with Gasteiger partial charge >= 0.3 is 6.55 Å². The van der Waals surface area contributed by atoms with Crippen molar-refractivity contribution in [3.05, 3.63) is 30.1 Å². The highest BCUT2D eigenvalue weighted by atomic mass is 32.2. The number of hydrogen-bond donors (Lipinski definition) is 1. The first-order valence-corrected chi connectivity index (χ1v) is 12.8. The molecule has 2 aromatic rings. The monoisotopic (exact) mass is 451 g/mol. The standard InChI is InChI=1S/C22H27F2N3OS2/c1-13(19-26-17-4-2-3-5-18(17)27(19)21(23)24)12-25-20(28)14-10-15-6-7-16(11-14)22(15)29-8-9-30-22/h2-5,13-16,21H,6-12H2,1H3,(H,25,28)/t13-,14?,15-,16+/m0/s1. The number of carbonyl (C=O) groups excluding carboxylic acids is 1. The van der Waals surface area contributed by atoms with Crippen molar-refractivity contribution in [2.24, 2.45) is 17.8 Å². The number of fused-ring (bicyclic) bond motifs is 1. The van der Waals surface area contributed by atoms with Gasteiger partial charge in [0.05, 0.1) is 15.1 Å². The van der Waals surface area contributed by atoms with Crippen LogP contribution in [0, 0.1) is 17.8 Å². The van der Waals surface area contributed by atoms with Gasteiger partial charge in [0.25, 0.3) is 0 Å². The van der Waals surface area contributed by atoms with E-state index in [9.17, 15) is 13.6 Å². The molecular formula is C22H27F2N3OS2. The second kappa shape index (κ2) is 8.01. The number of hydrogen-bond acceptors (Lipinski definition) is 4. The maximum atomic E-state index is 13.7. The number of nitrogens with zero attached hydrogens (tertiary/aromatic N) is 2. The van der Waals surface area contributed by atoms with Crippen LogP contribution < -0.4 is 5.32 Å². The average Bonchev–Trinajstić information content (AvgIpc) is 3.41. The fraction of sp³-hybridized carbons (Fsp3) is 0.636. The summed E-state index contributed by atoms with van der Waals surface area (Å²) in [6.45, 7) is -0.474. The molecule has 1 unspecified atom stereocenters. The van der Waals surface area contributed by atoms with Crippen LogP contribution in [0.5, 0.6) is 0 Å². The lowest BCUT2D eigenvalue weighted by atomic mass is 9.79. The van der Waals surface area contributed by atoms with Crippen LogP contribution in [0.15, 0.2) is 24.3 Å². The lowest BCUT2D eigenvalue weighted by Gasteiger charge is -2.42. The molecule has 30 heavy (non-hydrogen) atoms. The normalized spacial score (nSPS) is 28.5. The smallest absolute Gasteiger partial charge is 0.320 e. The average molecular weight is 452 g/mol. The minimum Gasteiger partial charge on any atom is -0.355 e. The minimum absolute atomic E-state index is 0.0519. The summed E-state index contributed by atoms with van der Waals surface area (Å²) in [5.74, 6) is 3.90. The first-order chi connectivity index (χ1) is 14.5. The van der Waals surface area contributed by atoms with Crippen LogP contribution in [-0.4, -0.2) is 37.6 Å².